The van der Waals surface area contributed by atoms with Gasteiger partial charge in [0.25, 0.3) is 0 Å². The molecule has 1 atom stereocenters. The Kier molecular flexibility index (Phi) is 5.37. The Morgan fingerprint density at radius 2 is 2.10 bits per heavy atom. The number of ether oxygens (including phenoxy) is 2. The molecule has 1 unspecified atom stereocenters. The van der Waals surface area contributed by atoms with Gasteiger partial charge in [-0.2, -0.15) is 0 Å². The number of hydrogen-bond acceptors (Lipinski definition) is 4. The zero-order valence-corrected chi connectivity index (χ0v) is 11.9. The normalized spacial score (nSPS) is 29.9. The second-order valence-electron chi connectivity index (χ2n) is 5.53. The van der Waals surface area contributed by atoms with Gasteiger partial charge in [-0.25, -0.2) is 0 Å². The lowest BCUT2D eigenvalue weighted by atomic mass is 9.79. The monoisotopic (exact) mass is 285 g/mol. The summed E-state index contributed by atoms with van der Waals surface area (Å²) in [6, 6.07) is -0.323. The standard InChI is InChI=1S/C14H23NO5/c1-2-20-12-5-10(6-12)7-13(16)15-3-4-19-9-11(15)8-14(17)18/h10-12H,2-9H2,1H3,(H,17,18). The Morgan fingerprint density at radius 1 is 1.35 bits per heavy atom. The van der Waals surface area contributed by atoms with Crippen molar-refractivity contribution < 1.29 is 24.2 Å². The summed E-state index contributed by atoms with van der Waals surface area (Å²) in [5.74, 6) is -0.453. The van der Waals surface area contributed by atoms with E-state index < -0.39 is 5.97 Å². The highest BCUT2D eigenvalue weighted by Crippen LogP contribution is 2.33. The highest BCUT2D eigenvalue weighted by Gasteiger charge is 2.35. The fourth-order valence-corrected chi connectivity index (χ4v) is 2.93. The molecule has 1 heterocycles. The first-order valence-electron chi connectivity index (χ1n) is 7.30. The van der Waals surface area contributed by atoms with Gasteiger partial charge in [-0.15, -0.1) is 0 Å². The van der Waals surface area contributed by atoms with Gasteiger partial charge in [0.15, 0.2) is 0 Å². The first kappa shape index (κ1) is 15.3. The highest BCUT2D eigenvalue weighted by molar-refractivity contribution is 5.78. The Hall–Kier alpha value is -1.14. The summed E-state index contributed by atoms with van der Waals surface area (Å²) < 4.78 is 10.8. The van der Waals surface area contributed by atoms with Gasteiger partial charge >= 0.3 is 5.97 Å². The summed E-state index contributed by atoms with van der Waals surface area (Å²) in [7, 11) is 0. The number of carboxylic acids is 1. The number of carbonyl (C=O) groups excluding carboxylic acids is 1. The zero-order valence-electron chi connectivity index (χ0n) is 11.9. The van der Waals surface area contributed by atoms with Crippen LogP contribution in [0.2, 0.25) is 0 Å². The Bertz CT molecular complexity index is 353. The number of morpholine rings is 1. The quantitative estimate of drug-likeness (QED) is 0.784. The van der Waals surface area contributed by atoms with Gasteiger partial charge < -0.3 is 19.5 Å². The van der Waals surface area contributed by atoms with E-state index >= 15 is 0 Å². The topological polar surface area (TPSA) is 76.1 Å². The third-order valence-corrected chi connectivity index (χ3v) is 4.02. The molecule has 0 aromatic carbocycles. The van der Waals surface area contributed by atoms with Crippen LogP contribution >= 0.6 is 0 Å². The maximum Gasteiger partial charge on any atom is 0.305 e. The molecule has 1 aliphatic heterocycles. The van der Waals surface area contributed by atoms with Crippen LogP contribution in [0.3, 0.4) is 0 Å². The molecule has 2 fully saturated rings. The van der Waals surface area contributed by atoms with Crippen LogP contribution in [0.4, 0.5) is 0 Å². The molecule has 2 rings (SSSR count). The number of carbonyl (C=O) groups is 2. The van der Waals surface area contributed by atoms with Crippen LogP contribution in [0.1, 0.15) is 32.6 Å². The van der Waals surface area contributed by atoms with Crippen LogP contribution < -0.4 is 0 Å². The summed E-state index contributed by atoms with van der Waals surface area (Å²) >= 11 is 0. The largest absolute Gasteiger partial charge is 0.481 e. The van der Waals surface area contributed by atoms with E-state index in [0.29, 0.717) is 38.2 Å². The van der Waals surface area contributed by atoms with Crippen molar-refractivity contribution in [3.63, 3.8) is 0 Å². The van der Waals surface area contributed by atoms with Crippen molar-refractivity contribution in [2.75, 3.05) is 26.4 Å². The number of aliphatic carboxylic acids is 1. The van der Waals surface area contributed by atoms with E-state index in [1.54, 1.807) is 4.90 Å². The molecule has 0 radical (unpaired) electrons. The minimum absolute atomic E-state index is 0.0437. The third-order valence-electron chi connectivity index (χ3n) is 4.02. The molecule has 0 spiro atoms. The summed E-state index contributed by atoms with van der Waals surface area (Å²) in [6.07, 6.45) is 2.64. The van der Waals surface area contributed by atoms with Gasteiger partial charge in [0.05, 0.1) is 31.8 Å². The average molecular weight is 285 g/mol. The van der Waals surface area contributed by atoms with Crippen molar-refractivity contribution in [3.8, 4) is 0 Å². The first-order chi connectivity index (χ1) is 9.60. The molecule has 20 heavy (non-hydrogen) atoms. The van der Waals surface area contributed by atoms with E-state index in [1.165, 1.54) is 0 Å². The van der Waals surface area contributed by atoms with E-state index in [0.717, 1.165) is 19.4 Å². The Balaban J connectivity index is 1.79. The van der Waals surface area contributed by atoms with Crippen molar-refractivity contribution in [1.29, 1.82) is 0 Å². The molecule has 1 amide bonds. The van der Waals surface area contributed by atoms with Crippen LogP contribution in [0.15, 0.2) is 0 Å². The van der Waals surface area contributed by atoms with Crippen molar-refractivity contribution in [3.05, 3.63) is 0 Å². The summed E-state index contributed by atoms with van der Waals surface area (Å²) in [5, 5.41) is 8.89. The lowest BCUT2D eigenvalue weighted by Crippen LogP contribution is -2.50. The molecule has 2 aliphatic rings. The number of rotatable bonds is 6. The maximum atomic E-state index is 12.3. The van der Waals surface area contributed by atoms with E-state index in [1.807, 2.05) is 6.92 Å². The van der Waals surface area contributed by atoms with Crippen LogP contribution in [0, 0.1) is 5.92 Å². The summed E-state index contributed by atoms with van der Waals surface area (Å²) in [6.45, 7) is 4.01. The average Bonchev–Trinajstić information content (AvgIpc) is 2.36. The minimum atomic E-state index is -0.890. The second kappa shape index (κ2) is 7.04. The predicted molar refractivity (Wildman–Crippen MR) is 71.3 cm³/mol. The van der Waals surface area contributed by atoms with Gasteiger partial charge in [-0.1, -0.05) is 0 Å². The van der Waals surface area contributed by atoms with Crippen molar-refractivity contribution in [2.45, 2.75) is 44.8 Å². The van der Waals surface area contributed by atoms with Gasteiger partial charge in [0.2, 0.25) is 5.91 Å². The smallest absolute Gasteiger partial charge is 0.305 e. The fraction of sp³-hybridized carbons (Fsp3) is 0.857. The molecule has 1 N–H and O–H groups in total. The zero-order chi connectivity index (χ0) is 14.5. The molecular formula is C14H23NO5. The Morgan fingerprint density at radius 3 is 2.75 bits per heavy atom. The van der Waals surface area contributed by atoms with Crippen LogP contribution in [0.5, 0.6) is 0 Å². The summed E-state index contributed by atoms with van der Waals surface area (Å²) in [4.78, 5) is 24.8. The van der Waals surface area contributed by atoms with E-state index in [-0.39, 0.29) is 18.4 Å². The number of carboxylic acid groups (broad SMARTS) is 1. The van der Waals surface area contributed by atoms with Crippen molar-refractivity contribution in [2.24, 2.45) is 5.92 Å². The minimum Gasteiger partial charge on any atom is -0.481 e. The van der Waals surface area contributed by atoms with Crippen LogP contribution in [-0.2, 0) is 19.1 Å². The first-order valence-corrected chi connectivity index (χ1v) is 7.30. The van der Waals surface area contributed by atoms with Gasteiger partial charge in [0.1, 0.15) is 0 Å². The van der Waals surface area contributed by atoms with Gasteiger partial charge in [0, 0.05) is 19.6 Å². The summed E-state index contributed by atoms with van der Waals surface area (Å²) in [5.41, 5.74) is 0. The molecule has 0 bridgehead atoms. The van der Waals surface area contributed by atoms with Gasteiger partial charge in [-0.3, -0.25) is 9.59 Å². The predicted octanol–water partition coefficient (Wildman–Crippen LogP) is 0.894. The SMILES string of the molecule is CCOC1CC(CC(=O)N2CCOCC2CC(=O)O)C1. The molecule has 1 aliphatic carbocycles. The van der Waals surface area contributed by atoms with Crippen LogP contribution in [-0.4, -0.2) is 60.4 Å². The lowest BCUT2D eigenvalue weighted by Gasteiger charge is -2.39. The molecule has 1 saturated carbocycles. The fourth-order valence-electron chi connectivity index (χ4n) is 2.93. The van der Waals surface area contributed by atoms with E-state index in [9.17, 15) is 9.59 Å². The van der Waals surface area contributed by atoms with Crippen molar-refractivity contribution >= 4 is 11.9 Å². The molecule has 114 valence electrons. The highest BCUT2D eigenvalue weighted by atomic mass is 16.5. The van der Waals surface area contributed by atoms with Crippen molar-refractivity contribution in [1.82, 2.24) is 4.90 Å². The molecule has 6 nitrogen and oxygen atoms in total. The molecular weight excluding hydrogens is 262 g/mol. The Labute approximate surface area is 119 Å². The molecule has 6 heteroatoms. The maximum absolute atomic E-state index is 12.3. The number of amides is 1. The van der Waals surface area contributed by atoms with E-state index in [2.05, 4.69) is 0 Å². The second-order valence-corrected chi connectivity index (χ2v) is 5.53. The lowest BCUT2D eigenvalue weighted by molar-refractivity contribution is -0.148. The number of hydrogen-bond donors (Lipinski definition) is 1. The van der Waals surface area contributed by atoms with E-state index in [4.69, 9.17) is 14.6 Å². The molecule has 0 aromatic rings. The third kappa shape index (κ3) is 3.93. The molecule has 0 aromatic heterocycles. The number of nitrogens with zero attached hydrogens (tertiary/aromatic N) is 1. The van der Waals surface area contributed by atoms with Crippen LogP contribution in [0.25, 0.3) is 0 Å². The molecule has 1 saturated heterocycles. The van der Waals surface area contributed by atoms with Gasteiger partial charge in [-0.05, 0) is 25.7 Å².